The van der Waals surface area contributed by atoms with Crippen LogP contribution in [0.5, 0.6) is 0 Å². The molecule has 0 saturated heterocycles. The van der Waals surface area contributed by atoms with Crippen LogP contribution in [-0.2, 0) is 10.5 Å². The molecule has 174 valence electrons. The second-order valence-corrected chi connectivity index (χ2v) is 8.22. The molecular weight excluding hydrogens is 531 g/mol. The average molecular weight is 548 g/mol. The van der Waals surface area contributed by atoms with Gasteiger partial charge in [-0.15, -0.1) is 12.4 Å². The van der Waals surface area contributed by atoms with Gasteiger partial charge in [-0.05, 0) is 46.3 Å². The largest absolute Gasteiger partial charge is 0.453 e. The maximum Gasteiger partial charge on any atom is 0.413 e. The Bertz CT molecular complexity index is 1450. The summed E-state index contributed by atoms with van der Waals surface area (Å²) in [5.74, 6) is -1.06. The number of carbonyl (C=O) groups is 2. The van der Waals surface area contributed by atoms with E-state index < -0.39 is 23.5 Å². The number of fused-ring (bicyclic) bond motifs is 2. The summed E-state index contributed by atoms with van der Waals surface area (Å²) in [6, 6.07) is 16.0. The zero-order valence-electron chi connectivity index (χ0n) is 17.5. The lowest BCUT2D eigenvalue weighted by molar-refractivity contribution is 0.0699. The van der Waals surface area contributed by atoms with Crippen LogP contribution in [0.2, 0.25) is 0 Å². The van der Waals surface area contributed by atoms with Crippen molar-refractivity contribution in [1.82, 2.24) is 9.97 Å². The van der Waals surface area contributed by atoms with Crippen molar-refractivity contribution in [2.75, 3.05) is 17.3 Å². The lowest BCUT2D eigenvalue weighted by atomic mass is 9.93. The van der Waals surface area contributed by atoms with Gasteiger partial charge < -0.3 is 14.8 Å². The highest BCUT2D eigenvalue weighted by atomic mass is 79.9. The number of anilines is 2. The number of rotatable bonds is 3. The van der Waals surface area contributed by atoms with E-state index in [1.54, 1.807) is 48.5 Å². The van der Waals surface area contributed by atoms with Gasteiger partial charge in [0.2, 0.25) is 5.95 Å². The van der Waals surface area contributed by atoms with E-state index >= 15 is 4.39 Å². The zero-order valence-corrected chi connectivity index (χ0v) is 19.9. The number of methoxy groups -OCH3 is 1. The third-order valence-corrected chi connectivity index (χ3v) is 6.13. The van der Waals surface area contributed by atoms with E-state index in [0.717, 1.165) is 4.90 Å². The number of aromatic amines is 1. The lowest BCUT2D eigenvalue weighted by Crippen LogP contribution is -2.45. The quantitative estimate of drug-likeness (QED) is 0.338. The second-order valence-electron chi connectivity index (χ2n) is 7.37. The molecule has 0 bridgehead atoms. The second kappa shape index (κ2) is 8.71. The number of nitrogens with one attached hydrogen (secondary N) is 2. The van der Waals surface area contributed by atoms with E-state index in [2.05, 4.69) is 36.0 Å². The van der Waals surface area contributed by atoms with E-state index in [1.807, 2.05) is 0 Å². The molecule has 2 amide bonds. The minimum Gasteiger partial charge on any atom is -0.453 e. The van der Waals surface area contributed by atoms with Crippen LogP contribution in [0.15, 0.2) is 65.1 Å². The van der Waals surface area contributed by atoms with E-state index in [0.29, 0.717) is 22.2 Å². The third-order valence-electron chi connectivity index (χ3n) is 5.52. The zero-order chi connectivity index (χ0) is 23.3. The normalized spacial score (nSPS) is 16.8. The Labute approximate surface area is 207 Å². The molecule has 11 heteroatoms. The minimum absolute atomic E-state index is 0. The molecule has 3 aromatic carbocycles. The molecule has 1 aliphatic rings. The third kappa shape index (κ3) is 3.51. The highest BCUT2D eigenvalue weighted by molar-refractivity contribution is 9.10. The molecule has 0 spiro atoms. The summed E-state index contributed by atoms with van der Waals surface area (Å²) < 4.78 is 19.8. The molecule has 0 radical (unpaired) electrons. The molecule has 2 heterocycles. The molecule has 1 atom stereocenters. The topological polar surface area (TPSA) is 108 Å². The molecule has 0 aliphatic carbocycles. The van der Waals surface area contributed by atoms with Crippen molar-refractivity contribution in [1.29, 1.82) is 0 Å². The van der Waals surface area contributed by atoms with Crippen molar-refractivity contribution in [3.05, 3.63) is 87.6 Å². The van der Waals surface area contributed by atoms with Gasteiger partial charge >= 0.3 is 6.09 Å². The summed E-state index contributed by atoms with van der Waals surface area (Å²) in [5, 5.41) is 14.5. The molecule has 1 aliphatic heterocycles. The Morgan fingerprint density at radius 3 is 2.74 bits per heavy atom. The fourth-order valence-corrected chi connectivity index (χ4v) is 4.38. The van der Waals surface area contributed by atoms with Gasteiger partial charge in [-0.1, -0.05) is 30.3 Å². The van der Waals surface area contributed by atoms with Gasteiger partial charge in [-0.2, -0.15) is 0 Å². The summed E-state index contributed by atoms with van der Waals surface area (Å²) in [6.07, 6.45) is -0.695. The number of hydrogen-bond donors (Lipinski definition) is 3. The Morgan fingerprint density at radius 2 is 1.97 bits per heavy atom. The van der Waals surface area contributed by atoms with E-state index in [1.165, 1.54) is 19.2 Å². The van der Waals surface area contributed by atoms with Crippen LogP contribution in [0.4, 0.5) is 20.8 Å². The van der Waals surface area contributed by atoms with Crippen LogP contribution in [0.25, 0.3) is 11.0 Å². The summed E-state index contributed by atoms with van der Waals surface area (Å²) in [7, 11) is 1.23. The summed E-state index contributed by atoms with van der Waals surface area (Å²) in [4.78, 5) is 33.1. The molecule has 4 aromatic rings. The molecule has 0 fully saturated rings. The number of benzene rings is 3. The van der Waals surface area contributed by atoms with Crippen LogP contribution in [0, 0.1) is 5.82 Å². The first-order valence-corrected chi connectivity index (χ1v) is 10.6. The molecule has 1 aromatic heterocycles. The predicted octanol–water partition coefficient (Wildman–Crippen LogP) is 4.92. The predicted molar refractivity (Wildman–Crippen MR) is 130 cm³/mol. The van der Waals surface area contributed by atoms with Crippen molar-refractivity contribution < 1.29 is 23.8 Å². The van der Waals surface area contributed by atoms with E-state index in [4.69, 9.17) is 0 Å². The number of aromatic nitrogens is 2. The van der Waals surface area contributed by atoms with Crippen molar-refractivity contribution in [2.45, 2.75) is 5.72 Å². The van der Waals surface area contributed by atoms with Crippen LogP contribution < -0.4 is 10.2 Å². The number of imidazole rings is 1. The maximum atomic E-state index is 15.1. The fourth-order valence-electron chi connectivity index (χ4n) is 4.03. The smallest absolute Gasteiger partial charge is 0.413 e. The number of carbonyl (C=O) groups excluding carboxylic acids is 2. The Morgan fingerprint density at radius 1 is 1.21 bits per heavy atom. The van der Waals surface area contributed by atoms with Crippen LogP contribution in [0.3, 0.4) is 0 Å². The van der Waals surface area contributed by atoms with Crippen LogP contribution in [0.1, 0.15) is 21.5 Å². The molecule has 8 nitrogen and oxygen atoms in total. The van der Waals surface area contributed by atoms with Gasteiger partial charge in [0, 0.05) is 16.7 Å². The first kappa shape index (κ1) is 23.7. The van der Waals surface area contributed by atoms with E-state index in [-0.39, 0.29) is 34.1 Å². The van der Waals surface area contributed by atoms with Gasteiger partial charge in [-0.3, -0.25) is 15.0 Å². The van der Waals surface area contributed by atoms with E-state index in [9.17, 15) is 14.7 Å². The van der Waals surface area contributed by atoms with Gasteiger partial charge in [0.05, 0.1) is 28.3 Å². The van der Waals surface area contributed by atoms with Gasteiger partial charge in [-0.25, -0.2) is 14.2 Å². The highest BCUT2D eigenvalue weighted by Gasteiger charge is 2.51. The number of aliphatic hydroxyl groups is 1. The molecule has 3 N–H and O–H groups in total. The SMILES string of the molecule is COC(=O)Nc1nc2ccc(C3(O)c4ccccc4C(=O)N3c3cccc(Br)c3F)cc2[nH]1.Cl. The molecular formula is C23H17BrClFN4O4. The van der Waals surface area contributed by atoms with Crippen LogP contribution in [-0.4, -0.2) is 34.2 Å². The standard InChI is InChI=1S/C23H16BrFN4O4.ClH/c1-33-22(31)28-21-26-16-10-9-12(11-17(16)27-21)23(32)14-6-3-2-5-13(14)20(30)29(23)18-8-4-7-15(24)19(18)25;/h2-11,32H,1H3,(H2,26,27,28,31);1H. The first-order valence-electron chi connectivity index (χ1n) is 9.80. The summed E-state index contributed by atoms with van der Waals surface area (Å²) in [5.41, 5.74) is -0.194. The van der Waals surface area contributed by atoms with Crippen LogP contribution >= 0.6 is 28.3 Å². The first-order chi connectivity index (χ1) is 15.8. The lowest BCUT2D eigenvalue weighted by Gasteiger charge is -2.35. The minimum atomic E-state index is -2.00. The van der Waals surface area contributed by atoms with Crippen molar-refractivity contribution in [3.8, 4) is 0 Å². The number of H-pyrrole nitrogens is 1. The maximum absolute atomic E-state index is 15.1. The Hall–Kier alpha value is -3.47. The highest BCUT2D eigenvalue weighted by Crippen LogP contribution is 2.46. The van der Waals surface area contributed by atoms with Crippen molar-refractivity contribution in [3.63, 3.8) is 0 Å². The molecule has 1 unspecified atom stereocenters. The number of nitrogens with zero attached hydrogens (tertiary/aromatic N) is 2. The number of hydrogen-bond acceptors (Lipinski definition) is 5. The number of amides is 2. The van der Waals surface area contributed by atoms with Gasteiger partial charge in [0.1, 0.15) is 0 Å². The number of ether oxygens (including phenoxy) is 1. The monoisotopic (exact) mass is 546 g/mol. The summed E-state index contributed by atoms with van der Waals surface area (Å²) in [6.45, 7) is 0. The number of halogens is 3. The fraction of sp³-hybridized carbons (Fsp3) is 0.0870. The molecule has 5 rings (SSSR count). The Balaban J connectivity index is 0.00000274. The van der Waals surface area contributed by atoms with Crippen molar-refractivity contribution >= 4 is 63.0 Å². The molecule has 34 heavy (non-hydrogen) atoms. The van der Waals surface area contributed by atoms with Crippen molar-refractivity contribution in [2.24, 2.45) is 0 Å². The average Bonchev–Trinajstić information content (AvgIpc) is 3.32. The Kier molecular flexibility index (Phi) is 6.07. The van der Waals surface area contributed by atoms with Gasteiger partial charge in [0.15, 0.2) is 11.5 Å². The summed E-state index contributed by atoms with van der Waals surface area (Å²) >= 11 is 3.15. The van der Waals surface area contributed by atoms with Gasteiger partial charge in [0.25, 0.3) is 5.91 Å². The molecule has 0 saturated carbocycles.